The highest BCUT2D eigenvalue weighted by atomic mass is 16.5. The van der Waals surface area contributed by atoms with Crippen LogP contribution in [0, 0.1) is 0 Å². The Bertz CT molecular complexity index is 368. The van der Waals surface area contributed by atoms with Crippen molar-refractivity contribution < 1.29 is 9.84 Å². The van der Waals surface area contributed by atoms with Crippen LogP contribution in [-0.4, -0.2) is 43.5 Å². The van der Waals surface area contributed by atoms with Gasteiger partial charge in [-0.1, -0.05) is 6.07 Å². The lowest BCUT2D eigenvalue weighted by molar-refractivity contribution is 0.202. The molecular formula is C13H20N2O2. The van der Waals surface area contributed by atoms with Crippen LogP contribution >= 0.6 is 0 Å². The van der Waals surface area contributed by atoms with Gasteiger partial charge in [-0.3, -0.25) is 0 Å². The Hall–Kier alpha value is -1.13. The fourth-order valence-corrected chi connectivity index (χ4v) is 2.25. The van der Waals surface area contributed by atoms with E-state index in [1.807, 2.05) is 0 Å². The maximum atomic E-state index is 9.08. The number of aryl methyl sites for hydroxylation is 2. The summed E-state index contributed by atoms with van der Waals surface area (Å²) in [6.07, 6.45) is 3.45. The molecule has 0 amide bonds. The molecule has 1 aromatic rings. The average Bonchev–Trinajstić information content (AvgIpc) is 2.81. The molecule has 1 aliphatic carbocycles. The van der Waals surface area contributed by atoms with Gasteiger partial charge in [0.2, 0.25) is 0 Å². The SMILES string of the molecule is COCCN(CCO)c1ccc2c(n1)CCC2. The first-order valence-corrected chi connectivity index (χ1v) is 6.18. The molecule has 1 heterocycles. The van der Waals surface area contributed by atoms with E-state index < -0.39 is 0 Å². The lowest BCUT2D eigenvalue weighted by Crippen LogP contribution is -2.31. The van der Waals surface area contributed by atoms with Gasteiger partial charge in [0.1, 0.15) is 5.82 Å². The average molecular weight is 236 g/mol. The molecule has 0 aliphatic heterocycles. The summed E-state index contributed by atoms with van der Waals surface area (Å²) in [6, 6.07) is 4.22. The van der Waals surface area contributed by atoms with E-state index in [1.165, 1.54) is 17.7 Å². The molecule has 4 heteroatoms. The number of pyridine rings is 1. The molecular weight excluding hydrogens is 216 g/mol. The Labute approximate surface area is 102 Å². The number of aliphatic hydroxyl groups is 1. The first kappa shape index (κ1) is 12.3. The van der Waals surface area contributed by atoms with Gasteiger partial charge < -0.3 is 14.7 Å². The molecule has 0 spiro atoms. The summed E-state index contributed by atoms with van der Waals surface area (Å²) in [5.74, 6) is 0.955. The maximum absolute atomic E-state index is 9.08. The number of methoxy groups -OCH3 is 1. The van der Waals surface area contributed by atoms with Crippen molar-refractivity contribution in [1.29, 1.82) is 0 Å². The van der Waals surface area contributed by atoms with E-state index in [1.54, 1.807) is 7.11 Å². The van der Waals surface area contributed by atoms with Crippen molar-refractivity contribution in [1.82, 2.24) is 4.98 Å². The maximum Gasteiger partial charge on any atom is 0.128 e. The van der Waals surface area contributed by atoms with Gasteiger partial charge in [0, 0.05) is 25.9 Å². The zero-order valence-corrected chi connectivity index (χ0v) is 10.4. The number of fused-ring (bicyclic) bond motifs is 1. The van der Waals surface area contributed by atoms with Crippen LogP contribution in [0.25, 0.3) is 0 Å². The number of nitrogens with zero attached hydrogens (tertiary/aromatic N) is 2. The molecule has 0 saturated carbocycles. The number of hydrogen-bond donors (Lipinski definition) is 1. The van der Waals surface area contributed by atoms with E-state index in [0.29, 0.717) is 13.2 Å². The number of hydrogen-bond acceptors (Lipinski definition) is 4. The Morgan fingerprint density at radius 2 is 2.24 bits per heavy atom. The van der Waals surface area contributed by atoms with Crippen molar-refractivity contribution in [2.75, 3.05) is 38.3 Å². The van der Waals surface area contributed by atoms with Crippen LogP contribution in [0.5, 0.6) is 0 Å². The Morgan fingerprint density at radius 3 is 3.00 bits per heavy atom. The number of aromatic nitrogens is 1. The van der Waals surface area contributed by atoms with E-state index in [2.05, 4.69) is 22.0 Å². The van der Waals surface area contributed by atoms with E-state index in [-0.39, 0.29) is 6.61 Å². The predicted octanol–water partition coefficient (Wildman–Crippen LogP) is 1.02. The standard InChI is InChI=1S/C13H20N2O2/c1-17-10-8-15(7-9-16)13-6-5-11-3-2-4-12(11)14-13/h5-6,16H,2-4,7-10H2,1H3. The van der Waals surface area contributed by atoms with Gasteiger partial charge in [0.15, 0.2) is 0 Å². The molecule has 1 aliphatic rings. The number of aliphatic hydroxyl groups excluding tert-OH is 1. The van der Waals surface area contributed by atoms with Crippen LogP contribution in [0.1, 0.15) is 17.7 Å². The third-order valence-corrected chi connectivity index (χ3v) is 3.17. The molecule has 4 nitrogen and oxygen atoms in total. The zero-order valence-electron chi connectivity index (χ0n) is 10.4. The second-order valence-corrected chi connectivity index (χ2v) is 4.33. The third-order valence-electron chi connectivity index (χ3n) is 3.17. The fourth-order valence-electron chi connectivity index (χ4n) is 2.25. The molecule has 17 heavy (non-hydrogen) atoms. The first-order chi connectivity index (χ1) is 8.35. The number of anilines is 1. The van der Waals surface area contributed by atoms with E-state index in [4.69, 9.17) is 9.84 Å². The normalized spacial score (nSPS) is 13.8. The van der Waals surface area contributed by atoms with Crippen molar-refractivity contribution in [2.45, 2.75) is 19.3 Å². The van der Waals surface area contributed by atoms with Crippen molar-refractivity contribution in [3.63, 3.8) is 0 Å². The summed E-state index contributed by atoms with van der Waals surface area (Å²) < 4.78 is 5.08. The second kappa shape index (κ2) is 5.98. The summed E-state index contributed by atoms with van der Waals surface area (Å²) in [4.78, 5) is 6.76. The Kier molecular flexibility index (Phi) is 4.34. The highest BCUT2D eigenvalue weighted by molar-refractivity contribution is 5.43. The summed E-state index contributed by atoms with van der Waals surface area (Å²) in [5, 5.41) is 9.08. The lowest BCUT2D eigenvalue weighted by atomic mass is 10.2. The monoisotopic (exact) mass is 236 g/mol. The first-order valence-electron chi connectivity index (χ1n) is 6.18. The lowest BCUT2D eigenvalue weighted by Gasteiger charge is -2.23. The molecule has 0 atom stereocenters. The molecule has 1 N–H and O–H groups in total. The molecule has 0 bridgehead atoms. The van der Waals surface area contributed by atoms with Crippen molar-refractivity contribution in [3.8, 4) is 0 Å². The van der Waals surface area contributed by atoms with Gasteiger partial charge in [0.05, 0.1) is 13.2 Å². The Morgan fingerprint density at radius 1 is 1.35 bits per heavy atom. The van der Waals surface area contributed by atoms with Crippen molar-refractivity contribution in [2.24, 2.45) is 0 Å². The fraction of sp³-hybridized carbons (Fsp3) is 0.615. The number of ether oxygens (including phenoxy) is 1. The van der Waals surface area contributed by atoms with Gasteiger partial charge in [-0.05, 0) is 30.9 Å². The third kappa shape index (κ3) is 2.96. The van der Waals surface area contributed by atoms with Crippen LogP contribution in [0.3, 0.4) is 0 Å². The van der Waals surface area contributed by atoms with Crippen LogP contribution in [-0.2, 0) is 17.6 Å². The molecule has 0 saturated heterocycles. The van der Waals surface area contributed by atoms with Crippen molar-refractivity contribution in [3.05, 3.63) is 23.4 Å². The second-order valence-electron chi connectivity index (χ2n) is 4.33. The van der Waals surface area contributed by atoms with E-state index in [0.717, 1.165) is 25.2 Å². The topological polar surface area (TPSA) is 45.6 Å². The van der Waals surface area contributed by atoms with Gasteiger partial charge in [-0.25, -0.2) is 4.98 Å². The van der Waals surface area contributed by atoms with Crippen LogP contribution in [0.4, 0.5) is 5.82 Å². The molecule has 1 aromatic heterocycles. The number of rotatable bonds is 6. The highest BCUT2D eigenvalue weighted by Crippen LogP contribution is 2.23. The molecule has 2 rings (SSSR count). The minimum atomic E-state index is 0.141. The van der Waals surface area contributed by atoms with E-state index in [9.17, 15) is 0 Å². The van der Waals surface area contributed by atoms with Gasteiger partial charge >= 0.3 is 0 Å². The summed E-state index contributed by atoms with van der Waals surface area (Å²) in [5.41, 5.74) is 2.60. The van der Waals surface area contributed by atoms with Crippen LogP contribution in [0.2, 0.25) is 0 Å². The zero-order chi connectivity index (χ0) is 12.1. The van der Waals surface area contributed by atoms with Gasteiger partial charge in [-0.2, -0.15) is 0 Å². The van der Waals surface area contributed by atoms with Gasteiger partial charge in [0.25, 0.3) is 0 Å². The summed E-state index contributed by atoms with van der Waals surface area (Å²) in [6.45, 7) is 2.17. The predicted molar refractivity (Wildman–Crippen MR) is 67.4 cm³/mol. The van der Waals surface area contributed by atoms with Crippen LogP contribution < -0.4 is 4.90 Å². The molecule has 0 radical (unpaired) electrons. The largest absolute Gasteiger partial charge is 0.395 e. The minimum absolute atomic E-state index is 0.141. The minimum Gasteiger partial charge on any atom is -0.395 e. The smallest absolute Gasteiger partial charge is 0.128 e. The molecule has 0 unspecified atom stereocenters. The quantitative estimate of drug-likeness (QED) is 0.801. The van der Waals surface area contributed by atoms with Gasteiger partial charge in [-0.15, -0.1) is 0 Å². The van der Waals surface area contributed by atoms with Crippen molar-refractivity contribution >= 4 is 5.82 Å². The molecule has 0 fully saturated rings. The summed E-state index contributed by atoms with van der Waals surface area (Å²) in [7, 11) is 1.69. The molecule has 0 aromatic carbocycles. The van der Waals surface area contributed by atoms with E-state index >= 15 is 0 Å². The highest BCUT2D eigenvalue weighted by Gasteiger charge is 2.15. The molecule has 94 valence electrons. The Balaban J connectivity index is 2.11. The summed E-state index contributed by atoms with van der Waals surface area (Å²) >= 11 is 0. The van der Waals surface area contributed by atoms with Crippen LogP contribution in [0.15, 0.2) is 12.1 Å².